The largest absolute Gasteiger partial charge is 0.508 e. The van der Waals surface area contributed by atoms with E-state index in [0.717, 1.165) is 0 Å². The summed E-state index contributed by atoms with van der Waals surface area (Å²) in [5, 5.41) is 44.9. The van der Waals surface area contributed by atoms with E-state index in [1.807, 2.05) is 0 Å². The summed E-state index contributed by atoms with van der Waals surface area (Å²) in [5.41, 5.74) is 90.4. The Bertz CT molecular complexity index is 3430. The summed E-state index contributed by atoms with van der Waals surface area (Å²) < 4.78 is 0. The number of benzene rings is 1. The van der Waals surface area contributed by atoms with E-state index < -0.39 is 169 Å². The van der Waals surface area contributed by atoms with Crippen LogP contribution in [0.1, 0.15) is 147 Å². The molecule has 0 aliphatic rings. The molecule has 0 aliphatic heterocycles. The number of carboxylic acid groups (broad SMARTS) is 1. The number of primary amides is 1. The maximum Gasteiger partial charge on any atom is 0.303 e. The van der Waals surface area contributed by atoms with Crippen molar-refractivity contribution in [3.63, 3.8) is 0 Å². The summed E-state index contributed by atoms with van der Waals surface area (Å²) in [4.78, 5) is 204. The average Bonchev–Trinajstić information content (AvgIpc) is 0.860. The van der Waals surface area contributed by atoms with Crippen molar-refractivity contribution in [1.82, 2.24) is 53.2 Å². The Hall–Kier alpha value is -12.2. The number of ketones is 1. The SMILES string of the molecule is NCCCC[C@H](NC(=O)[C@H](CCCCN)NC(=O)[C@H](CCCN=C(N)N)NC(=O)[C@H](CCCN=C(N)N)NC(=O)[C@H](CCC(N)=O)NC(=O)[C@H](CCCN=C(N)N)NC(=O)[C@H](CCCN=C(N)N)NC(=O)[C@@H](N)CCCN=C(N)N)C(=O)N[C@@H](CCCN=C(N)N)C(=O)NCC(=O)N[C@@H](Cc1ccc(O)cc1)C(=O)CCC(=O)O. The second-order valence-corrected chi connectivity index (χ2v) is 26.4. The van der Waals surface area contributed by atoms with Gasteiger partial charge in [-0.3, -0.25) is 92.3 Å². The number of guanidine groups is 6. The lowest BCUT2D eigenvalue weighted by molar-refractivity contribution is -0.139. The summed E-state index contributed by atoms with van der Waals surface area (Å²) in [6.07, 6.45) is -1.61. The zero-order chi connectivity index (χ0) is 85.7. The minimum atomic E-state index is -1.71. The quantitative estimate of drug-likeness (QED) is 0.0164. The second kappa shape index (κ2) is 57.0. The molecule has 0 bridgehead atoms. The Morgan fingerprint density at radius 3 is 0.895 bits per heavy atom. The summed E-state index contributed by atoms with van der Waals surface area (Å²) in [7, 11) is 0. The predicted molar refractivity (Wildman–Crippen MR) is 426 cm³/mol. The van der Waals surface area contributed by atoms with Gasteiger partial charge in [-0.05, 0) is 159 Å². The second-order valence-electron chi connectivity index (χ2n) is 26.4. The van der Waals surface area contributed by atoms with Gasteiger partial charge in [0.05, 0.1) is 25.0 Å². The molecule has 1 aromatic carbocycles. The number of Topliss-reactive ketones (excluding diaryl/α,β-unsaturated/α-hetero) is 1. The van der Waals surface area contributed by atoms with Crippen LogP contribution in [-0.4, -0.2) is 242 Å². The van der Waals surface area contributed by atoms with Crippen molar-refractivity contribution in [3.05, 3.63) is 29.8 Å². The van der Waals surface area contributed by atoms with E-state index in [2.05, 4.69) is 83.1 Å². The number of carbonyl (C=O) groups is 13. The van der Waals surface area contributed by atoms with Crippen molar-refractivity contribution in [2.24, 2.45) is 122 Å². The summed E-state index contributed by atoms with van der Waals surface area (Å²) in [6.45, 7) is -0.585. The molecule has 47 heteroatoms. The number of carbonyl (C=O) groups excluding carboxylic acids is 12. The predicted octanol–water partition coefficient (Wildman–Crippen LogP) is -11.0. The zero-order valence-electron chi connectivity index (χ0n) is 64.3. The number of hydrogen-bond donors (Lipinski definition) is 28. The third-order valence-electron chi connectivity index (χ3n) is 16.8. The van der Waals surface area contributed by atoms with Gasteiger partial charge in [0.2, 0.25) is 65.0 Å². The number of unbranched alkanes of at least 4 members (excludes halogenated alkanes) is 2. The van der Waals surface area contributed by atoms with Gasteiger partial charge in [0.1, 0.15) is 54.1 Å². The fourth-order valence-electron chi connectivity index (χ4n) is 10.8. The van der Waals surface area contributed by atoms with Gasteiger partial charge < -0.3 is 155 Å². The smallest absolute Gasteiger partial charge is 0.303 e. The molecule has 0 radical (unpaired) electrons. The first-order valence-electron chi connectivity index (χ1n) is 37.3. The fraction of sp³-hybridized carbons (Fsp3) is 0.627. The minimum absolute atomic E-state index is 0.00228. The summed E-state index contributed by atoms with van der Waals surface area (Å²) in [5.74, 6) is -14.0. The lowest BCUT2D eigenvalue weighted by atomic mass is 9.99. The number of aliphatic imine (C=N–C) groups is 6. The monoisotopic (exact) mass is 1610 g/mol. The van der Waals surface area contributed by atoms with Crippen molar-refractivity contribution in [1.29, 1.82) is 0 Å². The molecule has 47 nitrogen and oxygen atoms in total. The maximum atomic E-state index is 14.9. The van der Waals surface area contributed by atoms with Crippen LogP contribution < -0.4 is 145 Å². The highest BCUT2D eigenvalue weighted by Gasteiger charge is 2.36. The summed E-state index contributed by atoms with van der Waals surface area (Å²) >= 11 is 0. The lowest BCUT2D eigenvalue weighted by Crippen LogP contribution is -2.60. The third-order valence-corrected chi connectivity index (χ3v) is 16.8. The van der Waals surface area contributed by atoms with Crippen LogP contribution in [0, 0.1) is 0 Å². The molecular weight excluding hydrogens is 1490 g/mol. The first-order chi connectivity index (χ1) is 54.0. The number of hydrogen-bond acceptors (Lipinski definition) is 23. The van der Waals surface area contributed by atoms with Crippen molar-refractivity contribution < 1.29 is 72.5 Å². The number of nitrogens with zero attached hydrogens (tertiary/aromatic N) is 6. The number of aromatic hydroxyl groups is 1. The first-order valence-corrected chi connectivity index (χ1v) is 37.3. The highest BCUT2D eigenvalue weighted by Crippen LogP contribution is 2.16. The molecule has 0 saturated heterocycles. The van der Waals surface area contributed by atoms with E-state index in [9.17, 15) is 72.5 Å². The Balaban J connectivity index is 3.91. The molecule has 10 atom stereocenters. The van der Waals surface area contributed by atoms with Crippen LogP contribution in [0.3, 0.4) is 0 Å². The van der Waals surface area contributed by atoms with Crippen LogP contribution in [0.25, 0.3) is 0 Å². The molecule has 11 amide bonds. The number of nitrogens with one attached hydrogen (secondary N) is 10. The molecular formula is C67H122N32O15. The van der Waals surface area contributed by atoms with Crippen molar-refractivity contribution in [2.75, 3.05) is 58.9 Å². The van der Waals surface area contributed by atoms with Crippen LogP contribution in [0.15, 0.2) is 54.2 Å². The maximum absolute atomic E-state index is 14.9. The molecule has 0 aliphatic carbocycles. The van der Waals surface area contributed by atoms with Crippen molar-refractivity contribution >= 4 is 112 Å². The Morgan fingerprint density at radius 2 is 0.605 bits per heavy atom. The number of aliphatic carboxylic acids is 1. The van der Waals surface area contributed by atoms with Gasteiger partial charge in [-0.1, -0.05) is 12.1 Å². The van der Waals surface area contributed by atoms with E-state index in [4.69, 9.17) is 91.7 Å². The number of amides is 11. The molecule has 0 aromatic heterocycles. The van der Waals surface area contributed by atoms with E-state index >= 15 is 0 Å². The third kappa shape index (κ3) is 46.5. The number of rotatable bonds is 61. The molecule has 44 N–H and O–H groups in total. The molecule has 0 unspecified atom stereocenters. The molecule has 114 heavy (non-hydrogen) atoms. The van der Waals surface area contributed by atoms with Crippen LogP contribution in [-0.2, 0) is 68.7 Å². The molecule has 0 saturated carbocycles. The van der Waals surface area contributed by atoms with Gasteiger partial charge in [-0.15, -0.1) is 0 Å². The summed E-state index contributed by atoms with van der Waals surface area (Å²) in [6, 6.07) is -8.94. The zero-order valence-corrected chi connectivity index (χ0v) is 64.3. The van der Waals surface area contributed by atoms with Gasteiger partial charge in [0.15, 0.2) is 41.5 Å². The van der Waals surface area contributed by atoms with E-state index in [-0.39, 0.29) is 203 Å². The van der Waals surface area contributed by atoms with Crippen LogP contribution in [0.5, 0.6) is 5.75 Å². The molecule has 1 rings (SSSR count). The van der Waals surface area contributed by atoms with Crippen LogP contribution in [0.2, 0.25) is 0 Å². The minimum Gasteiger partial charge on any atom is -0.508 e. The highest BCUT2D eigenvalue weighted by molar-refractivity contribution is 5.99. The number of phenols is 1. The number of nitrogens with two attached hydrogens (primary N) is 16. The molecule has 0 fully saturated rings. The van der Waals surface area contributed by atoms with Gasteiger partial charge in [-0.2, -0.15) is 0 Å². The molecule has 0 heterocycles. The van der Waals surface area contributed by atoms with Gasteiger partial charge >= 0.3 is 5.97 Å². The average molecular weight is 1620 g/mol. The van der Waals surface area contributed by atoms with Gasteiger partial charge in [0, 0.05) is 52.1 Å². The molecule has 0 spiro atoms. The number of phenolic OH excluding ortho intramolecular Hbond substituents is 1. The topological polar surface area (TPSA) is 873 Å². The normalized spacial score (nSPS) is 13.4. The van der Waals surface area contributed by atoms with E-state index in [0.29, 0.717) is 18.4 Å². The standard InChI is InChI=1S/C67H122N32O15/c68-27-3-1-12-41(55(108)93-40(14-6-30-85-63(74)75)54(107)90-36-51(103)91-48(49(101)24-26-52(104)105)35-37-19-21-38(100)22-20-37)94-56(109)42(13-2-4-28-69)95-58(111)44(16-8-32-87-65(78)79)97-59(112)45(17-9-33-88-66(80)81)98-61(114)47(23-25-50(71)102)99-60(113)46(18-10-34-89-67(82)83)96-57(110)43(15-7-31-86-64(76)77)92-53(106)39(70)11-5-29-84-62(72)73/h19-22,39-48,100H,1-18,23-36,68-70H2,(H2,71,102)(H,90,107)(H,91,103)(H,92,106)(H,93,108)(H,94,109)(H,95,111)(H,96,110)(H,97,112)(H,98,114)(H,99,113)(H,104,105)(H4,72,73,84)(H4,74,75,85)(H4,76,77,86)(H4,78,79,87)(H4,80,81,88)(H4,82,83,89)/t39-,40-,41-,42-,43-,44-,45-,46-,47-,48-/m0/s1. The van der Waals surface area contributed by atoms with Crippen molar-refractivity contribution in [2.45, 2.75) is 208 Å². The van der Waals surface area contributed by atoms with E-state index in [1.54, 1.807) is 0 Å². The Kier molecular flexibility index (Phi) is 49.9. The Morgan fingerprint density at radius 1 is 0.325 bits per heavy atom. The number of carboxylic acids is 1. The van der Waals surface area contributed by atoms with Crippen LogP contribution in [0.4, 0.5) is 0 Å². The van der Waals surface area contributed by atoms with Crippen molar-refractivity contribution in [3.8, 4) is 5.75 Å². The van der Waals surface area contributed by atoms with Gasteiger partial charge in [0.25, 0.3) is 0 Å². The molecule has 640 valence electrons. The first kappa shape index (κ1) is 99.8. The lowest BCUT2D eigenvalue weighted by Gasteiger charge is -2.28. The van der Waals surface area contributed by atoms with E-state index in [1.165, 1.54) is 24.3 Å². The fourth-order valence-corrected chi connectivity index (χ4v) is 10.8. The highest BCUT2D eigenvalue weighted by atomic mass is 16.4. The molecule has 1 aromatic rings. The Labute approximate surface area is 660 Å². The van der Waals surface area contributed by atoms with Crippen LogP contribution >= 0.6 is 0 Å². The van der Waals surface area contributed by atoms with Gasteiger partial charge in [-0.25, -0.2) is 0 Å².